The lowest BCUT2D eigenvalue weighted by Gasteiger charge is -2.09. The lowest BCUT2D eigenvalue weighted by atomic mass is 9.97. The summed E-state index contributed by atoms with van der Waals surface area (Å²) in [6.45, 7) is 0. The molecule has 2 aromatic carbocycles. The van der Waals surface area contributed by atoms with E-state index in [1.807, 2.05) is 0 Å². The number of rotatable bonds is 3. The Kier molecular flexibility index (Phi) is 3.41. The van der Waals surface area contributed by atoms with Crippen LogP contribution in [-0.4, -0.2) is 37.6 Å². The van der Waals surface area contributed by atoms with E-state index in [2.05, 4.69) is 0 Å². The highest BCUT2D eigenvalue weighted by molar-refractivity contribution is 6.15. The van der Waals surface area contributed by atoms with Crippen molar-refractivity contribution in [3.63, 3.8) is 0 Å². The molecule has 0 radical (unpaired) electrons. The average molecular weight is 290 g/mol. The average Bonchev–Trinajstić information content (AvgIpc) is 2.45. The van der Waals surface area contributed by atoms with Crippen molar-refractivity contribution in [2.45, 2.75) is 0 Å². The van der Waals surface area contributed by atoms with Gasteiger partial charge in [0.05, 0.1) is 11.1 Å². The first-order valence-corrected chi connectivity index (χ1v) is 5.66. The van der Waals surface area contributed by atoms with E-state index >= 15 is 0 Å². The van der Waals surface area contributed by atoms with Crippen molar-refractivity contribution in [1.82, 2.24) is 0 Å². The molecule has 0 saturated heterocycles. The van der Waals surface area contributed by atoms with E-state index in [0.29, 0.717) is 0 Å². The molecule has 0 fully saturated rings. The highest BCUT2D eigenvalue weighted by Crippen LogP contribution is 2.36. The molecule has 0 bridgehead atoms. The Morgan fingerprint density at radius 3 is 2.05 bits per heavy atom. The summed E-state index contributed by atoms with van der Waals surface area (Å²) in [4.78, 5) is 23.2. The molecule has 2 aromatic rings. The maximum absolute atomic E-state index is 12.3. The number of benzene rings is 2. The fraction of sp³-hybridized carbons (Fsp3) is 0. The van der Waals surface area contributed by atoms with Crippen LogP contribution in [0, 0.1) is 0 Å². The number of phenols is 5. The summed E-state index contributed by atoms with van der Waals surface area (Å²) in [5, 5.41) is 47.1. The lowest BCUT2D eigenvalue weighted by molar-refractivity contribution is 0.102. The van der Waals surface area contributed by atoms with Crippen LogP contribution in [0.4, 0.5) is 0 Å². The Balaban J connectivity index is 2.63. The first kappa shape index (κ1) is 14.2. The van der Waals surface area contributed by atoms with Gasteiger partial charge in [0, 0.05) is 11.6 Å². The minimum atomic E-state index is -0.875. The van der Waals surface area contributed by atoms with Crippen molar-refractivity contribution in [3.8, 4) is 28.7 Å². The van der Waals surface area contributed by atoms with Crippen molar-refractivity contribution in [2.24, 2.45) is 0 Å². The molecule has 0 saturated carbocycles. The second-order valence-electron chi connectivity index (χ2n) is 4.20. The van der Waals surface area contributed by atoms with Crippen LogP contribution in [0.25, 0.3) is 0 Å². The van der Waals surface area contributed by atoms with Gasteiger partial charge in [-0.2, -0.15) is 0 Å². The van der Waals surface area contributed by atoms with E-state index in [0.717, 1.165) is 24.3 Å². The highest BCUT2D eigenvalue weighted by atomic mass is 16.3. The van der Waals surface area contributed by atoms with E-state index in [1.165, 1.54) is 0 Å². The predicted molar refractivity (Wildman–Crippen MR) is 70.0 cm³/mol. The molecule has 0 heterocycles. The minimum Gasteiger partial charge on any atom is -0.507 e. The van der Waals surface area contributed by atoms with E-state index in [4.69, 9.17) is 0 Å². The van der Waals surface area contributed by atoms with Crippen LogP contribution in [0.2, 0.25) is 0 Å². The summed E-state index contributed by atoms with van der Waals surface area (Å²) in [6.07, 6.45) is 0.180. The summed E-state index contributed by atoms with van der Waals surface area (Å²) < 4.78 is 0. The zero-order chi connectivity index (χ0) is 15.7. The number of carbonyl (C=O) groups excluding carboxylic acids is 2. The molecular formula is C14H10O7. The third-order valence-electron chi connectivity index (χ3n) is 2.90. The number of carbonyl (C=O) groups is 2. The second kappa shape index (κ2) is 5.04. The van der Waals surface area contributed by atoms with Crippen molar-refractivity contribution < 1.29 is 35.1 Å². The maximum atomic E-state index is 12.3. The van der Waals surface area contributed by atoms with Crippen LogP contribution >= 0.6 is 0 Å². The van der Waals surface area contributed by atoms with Crippen molar-refractivity contribution >= 4 is 12.1 Å². The van der Waals surface area contributed by atoms with Crippen molar-refractivity contribution in [2.75, 3.05) is 0 Å². The van der Waals surface area contributed by atoms with E-state index in [-0.39, 0.29) is 17.4 Å². The number of aldehydes is 1. The van der Waals surface area contributed by atoms with Crippen LogP contribution in [0.5, 0.6) is 28.7 Å². The topological polar surface area (TPSA) is 135 Å². The van der Waals surface area contributed by atoms with Gasteiger partial charge < -0.3 is 25.5 Å². The number of hydrogen-bond donors (Lipinski definition) is 5. The number of phenolic OH excluding ortho intramolecular Hbond substituents is 5. The zero-order valence-corrected chi connectivity index (χ0v) is 10.4. The van der Waals surface area contributed by atoms with E-state index < -0.39 is 40.1 Å². The second-order valence-corrected chi connectivity index (χ2v) is 4.20. The normalized spacial score (nSPS) is 10.3. The fourth-order valence-corrected chi connectivity index (χ4v) is 1.81. The molecule has 0 aliphatic carbocycles. The summed E-state index contributed by atoms with van der Waals surface area (Å²) in [5.74, 6) is -4.08. The molecule has 5 N–H and O–H groups in total. The van der Waals surface area contributed by atoms with Gasteiger partial charge in [0.2, 0.25) is 0 Å². The third kappa shape index (κ3) is 2.32. The zero-order valence-electron chi connectivity index (χ0n) is 10.4. The Bertz CT molecular complexity index is 749. The summed E-state index contributed by atoms with van der Waals surface area (Å²) in [7, 11) is 0. The van der Waals surface area contributed by atoms with Gasteiger partial charge in [0.15, 0.2) is 35.1 Å². The minimum absolute atomic E-state index is 0.180. The largest absolute Gasteiger partial charge is 0.507 e. The Labute approximate surface area is 118 Å². The van der Waals surface area contributed by atoms with Gasteiger partial charge in [0.1, 0.15) is 5.75 Å². The monoisotopic (exact) mass is 290 g/mol. The predicted octanol–water partition coefficient (Wildman–Crippen LogP) is 1.26. The maximum Gasteiger partial charge on any atom is 0.197 e. The molecule has 7 heteroatoms. The fourth-order valence-electron chi connectivity index (χ4n) is 1.81. The quantitative estimate of drug-likeness (QED) is 0.248. The van der Waals surface area contributed by atoms with Gasteiger partial charge >= 0.3 is 0 Å². The third-order valence-corrected chi connectivity index (χ3v) is 2.90. The summed E-state index contributed by atoms with van der Waals surface area (Å²) >= 11 is 0. The molecule has 0 aliphatic rings. The first-order chi connectivity index (χ1) is 9.86. The smallest absolute Gasteiger partial charge is 0.197 e. The van der Waals surface area contributed by atoms with Gasteiger partial charge in [-0.25, -0.2) is 0 Å². The first-order valence-electron chi connectivity index (χ1n) is 5.66. The molecule has 0 amide bonds. The van der Waals surface area contributed by atoms with Crippen molar-refractivity contribution in [1.29, 1.82) is 0 Å². The van der Waals surface area contributed by atoms with Gasteiger partial charge in [0.25, 0.3) is 0 Å². The molecule has 0 aliphatic heterocycles. The molecule has 0 aromatic heterocycles. The van der Waals surface area contributed by atoms with Crippen LogP contribution < -0.4 is 0 Å². The Morgan fingerprint density at radius 2 is 1.43 bits per heavy atom. The highest BCUT2D eigenvalue weighted by Gasteiger charge is 2.22. The summed E-state index contributed by atoms with van der Waals surface area (Å²) in [6, 6.07) is 3.69. The lowest BCUT2D eigenvalue weighted by Crippen LogP contribution is -2.06. The van der Waals surface area contributed by atoms with Crippen molar-refractivity contribution in [3.05, 3.63) is 41.0 Å². The van der Waals surface area contributed by atoms with E-state index in [9.17, 15) is 35.1 Å². The van der Waals surface area contributed by atoms with Crippen LogP contribution in [0.1, 0.15) is 26.3 Å². The molecule has 7 nitrogen and oxygen atoms in total. The molecular weight excluding hydrogens is 280 g/mol. The Hall–Kier alpha value is -3.22. The summed E-state index contributed by atoms with van der Waals surface area (Å²) in [5.41, 5.74) is -1.11. The number of aromatic hydroxyl groups is 5. The Morgan fingerprint density at radius 1 is 0.810 bits per heavy atom. The van der Waals surface area contributed by atoms with Gasteiger partial charge in [-0.05, 0) is 18.2 Å². The standard InChI is InChI=1S/C14H10O7/c15-5-8-6(1-2-9(16)14(8)21)13(20)7-3-11(18)12(19)4-10(7)17/h1-5,16-19,21H. The van der Waals surface area contributed by atoms with Crippen LogP contribution in [0.3, 0.4) is 0 Å². The molecule has 0 atom stereocenters. The molecule has 108 valence electrons. The van der Waals surface area contributed by atoms with Gasteiger partial charge in [-0.15, -0.1) is 0 Å². The molecule has 21 heavy (non-hydrogen) atoms. The van der Waals surface area contributed by atoms with Crippen LogP contribution in [-0.2, 0) is 0 Å². The molecule has 2 rings (SSSR count). The van der Waals surface area contributed by atoms with Gasteiger partial charge in [-0.3, -0.25) is 9.59 Å². The van der Waals surface area contributed by atoms with Crippen LogP contribution in [0.15, 0.2) is 24.3 Å². The number of ketones is 1. The van der Waals surface area contributed by atoms with E-state index in [1.54, 1.807) is 0 Å². The number of hydrogen-bond acceptors (Lipinski definition) is 7. The molecule has 0 spiro atoms. The molecule has 0 unspecified atom stereocenters. The van der Waals surface area contributed by atoms with Gasteiger partial charge in [-0.1, -0.05) is 0 Å². The SMILES string of the molecule is O=Cc1c(C(=O)c2cc(O)c(O)cc2O)ccc(O)c1O.